The van der Waals surface area contributed by atoms with Crippen molar-refractivity contribution in [2.75, 3.05) is 19.0 Å². The van der Waals surface area contributed by atoms with E-state index in [4.69, 9.17) is 11.6 Å². The van der Waals surface area contributed by atoms with Crippen molar-refractivity contribution in [2.45, 2.75) is 44.6 Å². The van der Waals surface area contributed by atoms with Crippen LogP contribution in [0.5, 0.6) is 0 Å². The van der Waals surface area contributed by atoms with Gasteiger partial charge in [0.25, 0.3) is 0 Å². The van der Waals surface area contributed by atoms with E-state index in [0.29, 0.717) is 0 Å². The Kier molecular flexibility index (Phi) is 6.02. The van der Waals surface area contributed by atoms with Crippen molar-refractivity contribution in [1.29, 1.82) is 0 Å². The Balaban J connectivity index is 1.63. The second kappa shape index (κ2) is 7.81. The molecule has 0 radical (unpaired) electrons. The Morgan fingerprint density at radius 2 is 1.83 bits per heavy atom. The maximum atomic E-state index is 5.89. The predicted molar refractivity (Wildman–Crippen MR) is 79.3 cm³/mol. The Hall–Kier alpha value is -0.530. The summed E-state index contributed by atoms with van der Waals surface area (Å²) in [6.07, 6.45) is 7.97. The lowest BCUT2D eigenvalue weighted by atomic mass is 9.91. The summed E-state index contributed by atoms with van der Waals surface area (Å²) in [5.74, 6) is 0.773. The summed E-state index contributed by atoms with van der Waals surface area (Å²) in [5.41, 5.74) is 1.46. The van der Waals surface area contributed by atoms with Gasteiger partial charge in [-0.25, -0.2) is 0 Å². The largest absolute Gasteiger partial charge is 0.299 e. The van der Waals surface area contributed by atoms with Gasteiger partial charge >= 0.3 is 0 Å². The molecule has 1 saturated carbocycles. The van der Waals surface area contributed by atoms with Gasteiger partial charge in [-0.05, 0) is 44.2 Å². The molecule has 1 fully saturated rings. The second-order valence-corrected chi connectivity index (χ2v) is 5.63. The van der Waals surface area contributed by atoms with Crippen LogP contribution in [-0.2, 0) is 6.42 Å². The minimum absolute atomic E-state index is 0.773. The number of aryl methyl sites for hydroxylation is 1. The van der Waals surface area contributed by atoms with Crippen LogP contribution < -0.4 is 0 Å². The quantitative estimate of drug-likeness (QED) is 0.505. The van der Waals surface area contributed by atoms with E-state index in [9.17, 15) is 0 Å². The van der Waals surface area contributed by atoms with Gasteiger partial charge in [-0.3, -0.25) is 4.90 Å². The Labute approximate surface area is 116 Å². The Morgan fingerprint density at radius 1 is 1.06 bits per heavy atom. The lowest BCUT2D eigenvalue weighted by Crippen LogP contribution is -2.41. The van der Waals surface area contributed by atoms with Gasteiger partial charge in [0.05, 0.1) is 0 Å². The molecule has 1 aliphatic carbocycles. The number of benzene rings is 1. The van der Waals surface area contributed by atoms with Crippen molar-refractivity contribution in [2.24, 2.45) is 0 Å². The first-order chi connectivity index (χ1) is 8.90. The maximum absolute atomic E-state index is 5.89. The highest BCUT2D eigenvalue weighted by Crippen LogP contribution is 2.25. The highest BCUT2D eigenvalue weighted by molar-refractivity contribution is 6.18. The third-order valence-electron chi connectivity index (χ3n) is 3.97. The summed E-state index contributed by atoms with van der Waals surface area (Å²) >= 11 is 5.89. The normalized spacial score (nSPS) is 15.9. The van der Waals surface area contributed by atoms with Crippen LogP contribution in [-0.4, -0.2) is 29.9 Å². The highest BCUT2D eigenvalue weighted by atomic mass is 35.5. The number of unbranched alkanes of at least 4 members (excludes halogenated alkanes) is 1. The van der Waals surface area contributed by atoms with Crippen molar-refractivity contribution in [3.05, 3.63) is 35.9 Å². The minimum atomic E-state index is 0.773. The van der Waals surface area contributed by atoms with E-state index in [-0.39, 0.29) is 0 Å². The molecule has 1 nitrogen and oxygen atoms in total. The van der Waals surface area contributed by atoms with E-state index in [1.807, 2.05) is 0 Å². The summed E-state index contributed by atoms with van der Waals surface area (Å²) in [6.45, 7) is 2.29. The molecule has 0 heterocycles. The number of nitrogens with zero attached hydrogens (tertiary/aromatic N) is 1. The Bertz CT molecular complexity index is 321. The van der Waals surface area contributed by atoms with Crippen LogP contribution in [0.1, 0.15) is 37.7 Å². The zero-order valence-corrected chi connectivity index (χ0v) is 11.9. The molecule has 18 heavy (non-hydrogen) atoms. The van der Waals surface area contributed by atoms with Gasteiger partial charge in [-0.15, -0.1) is 11.6 Å². The Morgan fingerprint density at radius 3 is 2.44 bits per heavy atom. The van der Waals surface area contributed by atoms with E-state index in [2.05, 4.69) is 35.2 Å². The van der Waals surface area contributed by atoms with Crippen molar-refractivity contribution < 1.29 is 0 Å². The number of rotatable bonds is 8. The minimum Gasteiger partial charge on any atom is -0.299 e. The predicted octanol–water partition coefficient (Wildman–Crippen LogP) is 4.10. The molecule has 100 valence electrons. The van der Waals surface area contributed by atoms with Crippen molar-refractivity contribution in [3.63, 3.8) is 0 Å². The van der Waals surface area contributed by atoms with Gasteiger partial charge in [0.1, 0.15) is 0 Å². The average molecular weight is 266 g/mol. The molecule has 0 saturated heterocycles. The van der Waals surface area contributed by atoms with Gasteiger partial charge in [0.2, 0.25) is 0 Å². The van der Waals surface area contributed by atoms with Crippen LogP contribution in [0.3, 0.4) is 0 Å². The van der Waals surface area contributed by atoms with Crippen LogP contribution in [0.2, 0.25) is 0 Å². The number of hydrogen-bond donors (Lipinski definition) is 0. The van der Waals surface area contributed by atoms with Crippen LogP contribution >= 0.6 is 11.6 Å². The molecule has 0 aliphatic heterocycles. The number of alkyl halides is 1. The first-order valence-corrected chi connectivity index (χ1v) is 7.77. The lowest BCUT2D eigenvalue weighted by molar-refractivity contribution is 0.133. The topological polar surface area (TPSA) is 3.24 Å². The zero-order chi connectivity index (χ0) is 12.6. The summed E-state index contributed by atoms with van der Waals surface area (Å²) in [7, 11) is 0. The van der Waals surface area contributed by atoms with Crippen LogP contribution in [0, 0.1) is 0 Å². The van der Waals surface area contributed by atoms with Gasteiger partial charge < -0.3 is 0 Å². The molecule has 0 unspecified atom stereocenters. The SMILES string of the molecule is ClCCN(CCCCc1ccccc1)C1CCC1. The summed E-state index contributed by atoms with van der Waals surface area (Å²) in [5, 5.41) is 0. The molecule has 0 bridgehead atoms. The van der Waals surface area contributed by atoms with Crippen LogP contribution in [0.15, 0.2) is 30.3 Å². The van der Waals surface area contributed by atoms with Crippen LogP contribution in [0.4, 0.5) is 0 Å². The van der Waals surface area contributed by atoms with Gasteiger partial charge in [-0.2, -0.15) is 0 Å². The third kappa shape index (κ3) is 4.29. The number of halogens is 1. The molecular weight excluding hydrogens is 242 g/mol. The highest BCUT2D eigenvalue weighted by Gasteiger charge is 2.23. The molecule has 0 aromatic heterocycles. The molecule has 1 aromatic carbocycles. The first kappa shape index (κ1) is 13.9. The molecule has 0 atom stereocenters. The molecule has 0 N–H and O–H groups in total. The standard InChI is InChI=1S/C16H24ClN/c17-12-14-18(16-10-6-11-16)13-5-4-9-15-7-2-1-3-8-15/h1-3,7-8,16H,4-6,9-14H2. The van der Waals surface area contributed by atoms with Gasteiger partial charge in [0, 0.05) is 18.5 Å². The molecule has 1 aliphatic rings. The smallest absolute Gasteiger partial charge is 0.0351 e. The molecule has 0 spiro atoms. The van der Waals surface area contributed by atoms with Gasteiger partial charge in [0.15, 0.2) is 0 Å². The van der Waals surface area contributed by atoms with E-state index >= 15 is 0 Å². The average Bonchev–Trinajstić information content (AvgIpc) is 2.34. The van der Waals surface area contributed by atoms with E-state index in [1.54, 1.807) is 0 Å². The fraction of sp³-hybridized carbons (Fsp3) is 0.625. The number of hydrogen-bond acceptors (Lipinski definition) is 1. The van der Waals surface area contributed by atoms with Gasteiger partial charge in [-0.1, -0.05) is 36.8 Å². The molecule has 2 rings (SSSR count). The second-order valence-electron chi connectivity index (χ2n) is 5.25. The first-order valence-electron chi connectivity index (χ1n) is 7.24. The molecule has 1 aromatic rings. The zero-order valence-electron chi connectivity index (χ0n) is 11.2. The summed E-state index contributed by atoms with van der Waals surface area (Å²) in [4.78, 5) is 2.60. The summed E-state index contributed by atoms with van der Waals surface area (Å²) in [6, 6.07) is 11.6. The van der Waals surface area contributed by atoms with Crippen molar-refractivity contribution in [3.8, 4) is 0 Å². The van der Waals surface area contributed by atoms with E-state index < -0.39 is 0 Å². The fourth-order valence-electron chi connectivity index (χ4n) is 2.63. The van der Waals surface area contributed by atoms with E-state index in [1.165, 1.54) is 50.6 Å². The van der Waals surface area contributed by atoms with Crippen molar-refractivity contribution >= 4 is 11.6 Å². The lowest BCUT2D eigenvalue weighted by Gasteiger charge is -2.37. The van der Waals surface area contributed by atoms with Crippen molar-refractivity contribution in [1.82, 2.24) is 4.90 Å². The molecular formula is C16H24ClN. The monoisotopic (exact) mass is 265 g/mol. The summed E-state index contributed by atoms with van der Waals surface area (Å²) < 4.78 is 0. The van der Waals surface area contributed by atoms with Crippen LogP contribution in [0.25, 0.3) is 0 Å². The van der Waals surface area contributed by atoms with E-state index in [0.717, 1.165) is 18.5 Å². The fourth-order valence-corrected chi connectivity index (χ4v) is 2.84. The maximum Gasteiger partial charge on any atom is 0.0351 e. The molecule has 0 amide bonds. The molecule has 2 heteroatoms. The third-order valence-corrected chi connectivity index (χ3v) is 4.14.